The Morgan fingerprint density at radius 3 is 3.04 bits per heavy atom. The van der Waals surface area contributed by atoms with Gasteiger partial charge in [0.15, 0.2) is 5.82 Å². The Balaban J connectivity index is 1.56. The van der Waals surface area contributed by atoms with Gasteiger partial charge in [0.05, 0.1) is 19.7 Å². The number of rotatable bonds is 6. The van der Waals surface area contributed by atoms with E-state index in [1.54, 1.807) is 7.11 Å². The van der Waals surface area contributed by atoms with Crippen LogP contribution in [0.3, 0.4) is 0 Å². The minimum absolute atomic E-state index is 0.0000591. The van der Waals surface area contributed by atoms with E-state index in [2.05, 4.69) is 25.4 Å². The molecule has 7 nitrogen and oxygen atoms in total. The van der Waals surface area contributed by atoms with E-state index in [1.807, 2.05) is 31.2 Å². The van der Waals surface area contributed by atoms with Gasteiger partial charge in [-0.15, -0.1) is 0 Å². The zero-order valence-electron chi connectivity index (χ0n) is 14.1. The van der Waals surface area contributed by atoms with Crippen LogP contribution in [0.2, 0.25) is 0 Å². The van der Waals surface area contributed by atoms with Gasteiger partial charge in [0.25, 0.3) is 0 Å². The summed E-state index contributed by atoms with van der Waals surface area (Å²) >= 11 is 0. The van der Waals surface area contributed by atoms with E-state index >= 15 is 0 Å². The lowest BCUT2D eigenvalue weighted by atomic mass is 10.2. The van der Waals surface area contributed by atoms with Crippen molar-refractivity contribution in [3.05, 3.63) is 41.5 Å². The van der Waals surface area contributed by atoms with Crippen LogP contribution in [0, 0.1) is 6.92 Å². The first kappa shape index (κ1) is 16.4. The number of likely N-dealkylation sites (tertiary alicyclic amines) is 1. The molecule has 24 heavy (non-hydrogen) atoms. The summed E-state index contributed by atoms with van der Waals surface area (Å²) in [5, 5.41) is 10.1. The maximum atomic E-state index is 12.3. The second-order valence-corrected chi connectivity index (χ2v) is 6.00. The van der Waals surface area contributed by atoms with Gasteiger partial charge in [-0.3, -0.25) is 14.8 Å². The molecule has 1 aliphatic heterocycles. The quantitative estimate of drug-likeness (QED) is 0.840. The number of H-pyrrole nitrogens is 1. The lowest BCUT2D eigenvalue weighted by Gasteiger charge is -2.21. The van der Waals surface area contributed by atoms with Crippen LogP contribution in [0.25, 0.3) is 0 Å². The highest BCUT2D eigenvalue weighted by Crippen LogP contribution is 2.29. The Kier molecular flexibility index (Phi) is 5.10. The molecule has 3 rings (SSSR count). The van der Waals surface area contributed by atoms with Gasteiger partial charge in [-0.2, -0.15) is 5.10 Å². The summed E-state index contributed by atoms with van der Waals surface area (Å²) in [7, 11) is 1.63. The minimum atomic E-state index is 0.0000591. The van der Waals surface area contributed by atoms with E-state index in [4.69, 9.17) is 4.74 Å². The number of aromatic amines is 1. The second-order valence-electron chi connectivity index (χ2n) is 6.00. The molecular formula is C17H23N5O2. The molecule has 0 spiro atoms. The summed E-state index contributed by atoms with van der Waals surface area (Å²) in [6, 6.07) is 7.81. The van der Waals surface area contributed by atoms with Crippen molar-refractivity contribution in [2.24, 2.45) is 0 Å². The first-order chi connectivity index (χ1) is 11.7. The Hall–Kier alpha value is -2.41. The molecule has 1 unspecified atom stereocenters. The summed E-state index contributed by atoms with van der Waals surface area (Å²) in [4.78, 5) is 18.9. The second kappa shape index (κ2) is 7.44. The fourth-order valence-electron chi connectivity index (χ4n) is 3.10. The van der Waals surface area contributed by atoms with E-state index in [-0.39, 0.29) is 11.9 Å². The zero-order chi connectivity index (χ0) is 16.9. The first-order valence-electron chi connectivity index (χ1n) is 8.19. The fourth-order valence-corrected chi connectivity index (χ4v) is 3.10. The molecule has 1 atom stereocenters. The molecule has 128 valence electrons. The van der Waals surface area contributed by atoms with E-state index < -0.39 is 0 Å². The van der Waals surface area contributed by atoms with Gasteiger partial charge in [0, 0.05) is 12.1 Å². The first-order valence-corrected chi connectivity index (χ1v) is 8.19. The predicted octanol–water partition coefficient (Wildman–Crippen LogP) is 1.58. The van der Waals surface area contributed by atoms with Crippen LogP contribution in [0.4, 0.5) is 0 Å². The van der Waals surface area contributed by atoms with Gasteiger partial charge < -0.3 is 10.1 Å². The third-order valence-electron chi connectivity index (χ3n) is 4.29. The lowest BCUT2D eigenvalue weighted by Crippen LogP contribution is -2.37. The Morgan fingerprint density at radius 2 is 2.29 bits per heavy atom. The van der Waals surface area contributed by atoms with Crippen molar-refractivity contribution in [1.82, 2.24) is 25.4 Å². The average Bonchev–Trinajstić information content (AvgIpc) is 3.21. The number of methoxy groups -OCH3 is 1. The van der Waals surface area contributed by atoms with Gasteiger partial charge in [0.1, 0.15) is 11.6 Å². The predicted molar refractivity (Wildman–Crippen MR) is 89.5 cm³/mol. The molecule has 0 saturated carbocycles. The number of para-hydroxylation sites is 1. The molecule has 1 aromatic carbocycles. The van der Waals surface area contributed by atoms with Crippen LogP contribution in [-0.4, -0.2) is 46.2 Å². The van der Waals surface area contributed by atoms with Crippen LogP contribution < -0.4 is 10.1 Å². The van der Waals surface area contributed by atoms with Crippen molar-refractivity contribution in [3.8, 4) is 5.75 Å². The highest BCUT2D eigenvalue weighted by atomic mass is 16.5. The molecular weight excluding hydrogens is 306 g/mol. The topological polar surface area (TPSA) is 83.1 Å². The fraction of sp³-hybridized carbons (Fsp3) is 0.471. The maximum Gasteiger partial charge on any atom is 0.234 e. The van der Waals surface area contributed by atoms with Crippen LogP contribution in [0.15, 0.2) is 24.3 Å². The molecule has 2 N–H and O–H groups in total. The molecule has 0 aliphatic carbocycles. The third-order valence-corrected chi connectivity index (χ3v) is 4.29. The Morgan fingerprint density at radius 1 is 1.46 bits per heavy atom. The van der Waals surface area contributed by atoms with Gasteiger partial charge >= 0.3 is 0 Å². The van der Waals surface area contributed by atoms with Crippen molar-refractivity contribution in [2.45, 2.75) is 32.4 Å². The summed E-state index contributed by atoms with van der Waals surface area (Å²) in [6.45, 7) is 3.59. The van der Waals surface area contributed by atoms with E-state index in [0.29, 0.717) is 13.1 Å². The van der Waals surface area contributed by atoms with Crippen molar-refractivity contribution in [1.29, 1.82) is 0 Å². The largest absolute Gasteiger partial charge is 0.496 e. The summed E-state index contributed by atoms with van der Waals surface area (Å²) < 4.78 is 5.31. The number of ether oxygens (including phenoxy) is 1. The van der Waals surface area contributed by atoms with E-state index in [0.717, 1.165) is 42.3 Å². The van der Waals surface area contributed by atoms with Crippen molar-refractivity contribution < 1.29 is 9.53 Å². The number of amides is 1. The van der Waals surface area contributed by atoms with E-state index in [9.17, 15) is 4.79 Å². The number of nitrogens with one attached hydrogen (secondary N) is 2. The van der Waals surface area contributed by atoms with Crippen LogP contribution in [0.5, 0.6) is 5.75 Å². The molecule has 1 saturated heterocycles. The molecule has 1 aromatic heterocycles. The number of carbonyl (C=O) groups excluding carboxylic acids is 1. The minimum Gasteiger partial charge on any atom is -0.496 e. The molecule has 7 heteroatoms. The van der Waals surface area contributed by atoms with E-state index in [1.165, 1.54) is 0 Å². The summed E-state index contributed by atoms with van der Waals surface area (Å²) in [5.41, 5.74) is 0.968. The zero-order valence-corrected chi connectivity index (χ0v) is 14.1. The molecule has 1 amide bonds. The number of aryl methyl sites for hydroxylation is 1. The van der Waals surface area contributed by atoms with Gasteiger partial charge in [-0.05, 0) is 32.4 Å². The number of carbonyl (C=O) groups is 1. The maximum absolute atomic E-state index is 12.3. The lowest BCUT2D eigenvalue weighted by molar-refractivity contribution is -0.122. The summed E-state index contributed by atoms with van der Waals surface area (Å²) in [6.07, 6.45) is 2.04. The van der Waals surface area contributed by atoms with Gasteiger partial charge in [-0.25, -0.2) is 4.98 Å². The summed E-state index contributed by atoms with van der Waals surface area (Å²) in [5.74, 6) is 2.37. The smallest absolute Gasteiger partial charge is 0.234 e. The Bertz CT molecular complexity index is 700. The van der Waals surface area contributed by atoms with Crippen molar-refractivity contribution >= 4 is 5.91 Å². The SMILES string of the molecule is COc1ccccc1CNC(=O)CN1CCCC1c1n[nH]c(C)n1. The molecule has 0 radical (unpaired) electrons. The molecule has 0 bridgehead atoms. The van der Waals surface area contributed by atoms with Crippen molar-refractivity contribution in [3.63, 3.8) is 0 Å². The number of hydrogen-bond donors (Lipinski definition) is 2. The highest BCUT2D eigenvalue weighted by Gasteiger charge is 2.30. The highest BCUT2D eigenvalue weighted by molar-refractivity contribution is 5.78. The number of hydrogen-bond acceptors (Lipinski definition) is 5. The number of aromatic nitrogens is 3. The molecule has 1 fully saturated rings. The van der Waals surface area contributed by atoms with Gasteiger partial charge in [-0.1, -0.05) is 18.2 Å². The van der Waals surface area contributed by atoms with Gasteiger partial charge in [0.2, 0.25) is 5.91 Å². The molecule has 2 aromatic rings. The number of nitrogens with zero attached hydrogens (tertiary/aromatic N) is 3. The van der Waals surface area contributed by atoms with Crippen LogP contribution in [0.1, 0.15) is 36.1 Å². The molecule has 2 heterocycles. The third kappa shape index (κ3) is 3.73. The van der Waals surface area contributed by atoms with Crippen LogP contribution in [-0.2, 0) is 11.3 Å². The Labute approximate surface area is 141 Å². The number of benzene rings is 1. The average molecular weight is 329 g/mol. The normalized spacial score (nSPS) is 17.8. The van der Waals surface area contributed by atoms with Crippen molar-refractivity contribution in [2.75, 3.05) is 20.2 Å². The van der Waals surface area contributed by atoms with Crippen LogP contribution >= 0.6 is 0 Å². The monoisotopic (exact) mass is 329 g/mol. The standard InChI is InChI=1S/C17H23N5O2/c1-12-19-17(21-20-12)14-7-5-9-22(14)11-16(23)18-10-13-6-3-4-8-15(13)24-2/h3-4,6,8,14H,5,7,9-11H2,1-2H3,(H,18,23)(H,19,20,21). The molecule has 1 aliphatic rings.